The number of hydrogen-bond acceptors (Lipinski definition) is 11. The molecule has 4 fully saturated rings. The van der Waals surface area contributed by atoms with E-state index in [9.17, 15) is 30.0 Å². The van der Waals surface area contributed by atoms with E-state index in [2.05, 4.69) is 0 Å². The second-order valence-electron chi connectivity index (χ2n) is 18.6. The van der Waals surface area contributed by atoms with Gasteiger partial charge in [0.2, 0.25) is 0 Å². The van der Waals surface area contributed by atoms with Crippen LogP contribution in [0.25, 0.3) is 0 Å². The van der Waals surface area contributed by atoms with Crippen LogP contribution in [0, 0.1) is 17.8 Å². The maximum absolute atomic E-state index is 13.9. The number of carbonyl (C=O) groups excluding carboxylic acids is 3. The lowest BCUT2D eigenvalue weighted by molar-refractivity contribution is -0.299. The van der Waals surface area contributed by atoms with Crippen LogP contribution >= 0.6 is 0 Å². The van der Waals surface area contributed by atoms with Crippen molar-refractivity contribution < 1.29 is 44.2 Å². The number of ether oxygens (including phenoxy) is 3. The monoisotopic (exact) mass is 666 g/mol. The molecule has 4 aliphatic rings. The minimum Gasteiger partial charge on any atom is -0.462 e. The molecule has 3 saturated heterocycles. The van der Waals surface area contributed by atoms with Gasteiger partial charge in [0, 0.05) is 71.8 Å². The molecule has 0 aromatic heterocycles. The fourth-order valence-corrected chi connectivity index (χ4v) is 9.29. The van der Waals surface area contributed by atoms with E-state index < -0.39 is 87.2 Å². The molecular weight excluding hydrogens is 606 g/mol. The fourth-order valence-electron chi connectivity index (χ4n) is 9.29. The first kappa shape index (κ1) is 38.0. The molecule has 0 bridgehead atoms. The highest BCUT2D eigenvalue weighted by Crippen LogP contribution is 2.45. The molecule has 1 saturated carbocycles. The number of rotatable bonds is 6. The van der Waals surface area contributed by atoms with Crippen LogP contribution in [0.4, 0.5) is 0 Å². The molecule has 0 amide bonds. The maximum Gasteiger partial charge on any atom is 0.310 e. The van der Waals surface area contributed by atoms with E-state index in [-0.39, 0.29) is 12.8 Å². The molecule has 3 heterocycles. The molecule has 1 radical (unpaired) electrons. The molecule has 0 aromatic carbocycles. The van der Waals surface area contributed by atoms with Crippen LogP contribution in [0.5, 0.6) is 0 Å². The molecule has 0 aromatic rings. The van der Waals surface area contributed by atoms with Crippen LogP contribution in [-0.4, -0.2) is 95.1 Å². The van der Waals surface area contributed by atoms with Crippen LogP contribution in [-0.2, 0) is 33.8 Å². The maximum atomic E-state index is 13.9. The van der Waals surface area contributed by atoms with Gasteiger partial charge >= 0.3 is 17.9 Å². The summed E-state index contributed by atoms with van der Waals surface area (Å²) in [6.07, 6.45) is 1.07. The third-order valence-corrected chi connectivity index (χ3v) is 11.1. The number of piperidine rings is 3. The Morgan fingerprint density at radius 3 is 1.04 bits per heavy atom. The van der Waals surface area contributed by atoms with Crippen molar-refractivity contribution in [2.75, 3.05) is 0 Å². The Kier molecular flexibility index (Phi) is 10.1. The predicted octanol–water partition coefficient (Wildman–Crippen LogP) is 5.45. The molecule has 3 atom stereocenters. The van der Waals surface area contributed by atoms with Crippen molar-refractivity contribution in [3.8, 4) is 0 Å². The van der Waals surface area contributed by atoms with Gasteiger partial charge in [-0.1, -0.05) is 0 Å². The molecule has 12 nitrogen and oxygen atoms in total. The second-order valence-corrected chi connectivity index (χ2v) is 18.6. The highest BCUT2D eigenvalue weighted by molar-refractivity contribution is 5.85. The van der Waals surface area contributed by atoms with Gasteiger partial charge in [0.25, 0.3) is 0 Å². The Labute approximate surface area is 280 Å². The third kappa shape index (κ3) is 7.83. The second kappa shape index (κ2) is 12.5. The van der Waals surface area contributed by atoms with Gasteiger partial charge in [-0.25, -0.2) is 0 Å². The molecule has 1 aliphatic carbocycles. The number of hydrogen-bond donors (Lipinski definition) is 2. The SMILES string of the molecule is CC1(C)CC(OC(=O)C2CC(C(=O)OC3CC(C)(C)N(O)C(C)(C)C3)CC2C(=O)OC2CC(C)(C)N(O)C(C)(C)C2)CC(C)(C)N1[O]. The summed E-state index contributed by atoms with van der Waals surface area (Å²) in [5.74, 6) is -4.14. The average molecular weight is 667 g/mol. The van der Waals surface area contributed by atoms with Gasteiger partial charge in [0.15, 0.2) is 0 Å². The topological polar surface area (TPSA) is 149 Å². The summed E-state index contributed by atoms with van der Waals surface area (Å²) < 4.78 is 18.2. The fraction of sp³-hybridized carbons (Fsp3) is 0.914. The average Bonchev–Trinajstić information content (AvgIpc) is 3.34. The summed E-state index contributed by atoms with van der Waals surface area (Å²) in [5.41, 5.74) is -4.02. The van der Waals surface area contributed by atoms with Gasteiger partial charge in [-0.05, 0) is 95.9 Å². The highest BCUT2D eigenvalue weighted by atomic mass is 16.6. The molecule has 269 valence electrons. The summed E-state index contributed by atoms with van der Waals surface area (Å²) in [6, 6.07) is 0. The number of carbonyl (C=O) groups is 3. The Morgan fingerprint density at radius 2 is 0.745 bits per heavy atom. The standard InChI is InChI=1S/C35H60N3O9/c1-30(2)15-22(16-31(3,4)36(30)42)45-27(39)21-13-25(28(40)46-23-17-32(5,6)37(43)33(7,8)18-23)26(14-21)29(41)47-24-19-34(9,10)38(44)35(11,12)20-24/h21-26,42-43H,13-20H2,1-12H3. The Bertz CT molecular complexity index is 1090. The number of hydroxylamine groups is 6. The highest BCUT2D eigenvalue weighted by Gasteiger charge is 2.53. The molecule has 2 N–H and O–H groups in total. The van der Waals surface area contributed by atoms with Crippen molar-refractivity contribution in [2.45, 2.75) is 186 Å². The van der Waals surface area contributed by atoms with Crippen molar-refractivity contribution in [1.29, 1.82) is 0 Å². The van der Waals surface area contributed by atoms with Gasteiger partial charge < -0.3 is 24.6 Å². The first-order valence-corrected chi connectivity index (χ1v) is 17.3. The molecule has 4 rings (SSSR count). The summed E-state index contributed by atoms with van der Waals surface area (Å²) in [5, 5.41) is 38.0. The zero-order chi connectivity index (χ0) is 35.7. The molecular formula is C35H60N3O9. The van der Waals surface area contributed by atoms with Gasteiger partial charge in [-0.15, -0.1) is 10.3 Å². The van der Waals surface area contributed by atoms with Crippen LogP contribution < -0.4 is 0 Å². The molecule has 12 heteroatoms. The van der Waals surface area contributed by atoms with Crippen molar-refractivity contribution in [3.63, 3.8) is 0 Å². The molecule has 3 aliphatic heterocycles. The van der Waals surface area contributed by atoms with Gasteiger partial charge in [-0.2, -0.15) is 10.1 Å². The Balaban J connectivity index is 1.53. The first-order chi connectivity index (χ1) is 21.2. The van der Waals surface area contributed by atoms with Gasteiger partial charge in [0.1, 0.15) is 18.3 Å². The molecule has 3 unspecified atom stereocenters. The smallest absolute Gasteiger partial charge is 0.310 e. The lowest BCUT2D eigenvalue weighted by Crippen LogP contribution is -2.61. The van der Waals surface area contributed by atoms with E-state index in [0.717, 1.165) is 5.06 Å². The van der Waals surface area contributed by atoms with Crippen LogP contribution in [0.1, 0.15) is 134 Å². The minimum absolute atomic E-state index is 0.0856. The van der Waals surface area contributed by atoms with Crippen LogP contribution in [0.15, 0.2) is 0 Å². The van der Waals surface area contributed by atoms with Crippen molar-refractivity contribution >= 4 is 17.9 Å². The first-order valence-electron chi connectivity index (χ1n) is 17.3. The van der Waals surface area contributed by atoms with E-state index >= 15 is 0 Å². The van der Waals surface area contributed by atoms with Gasteiger partial charge in [-0.3, -0.25) is 14.4 Å². The normalized spacial score (nSPS) is 32.9. The summed E-state index contributed by atoms with van der Waals surface area (Å²) in [6.45, 7) is 22.4. The van der Waals surface area contributed by atoms with Crippen molar-refractivity contribution in [1.82, 2.24) is 15.2 Å². The Hall–Kier alpha value is -1.83. The van der Waals surface area contributed by atoms with Crippen LogP contribution in [0.2, 0.25) is 0 Å². The van der Waals surface area contributed by atoms with E-state index in [0.29, 0.717) is 38.5 Å². The zero-order valence-corrected chi connectivity index (χ0v) is 30.7. The van der Waals surface area contributed by atoms with E-state index in [4.69, 9.17) is 14.2 Å². The largest absolute Gasteiger partial charge is 0.462 e. The van der Waals surface area contributed by atoms with Crippen molar-refractivity contribution in [3.05, 3.63) is 0 Å². The molecule has 0 spiro atoms. The zero-order valence-electron chi connectivity index (χ0n) is 30.7. The molecule has 47 heavy (non-hydrogen) atoms. The van der Waals surface area contributed by atoms with E-state index in [1.165, 1.54) is 10.1 Å². The lowest BCUT2D eigenvalue weighted by atomic mass is 9.80. The minimum atomic E-state index is -0.914. The van der Waals surface area contributed by atoms with Crippen LogP contribution in [0.3, 0.4) is 0 Å². The Morgan fingerprint density at radius 1 is 0.489 bits per heavy atom. The predicted molar refractivity (Wildman–Crippen MR) is 171 cm³/mol. The lowest BCUT2D eigenvalue weighted by Gasteiger charge is -2.51. The number of esters is 3. The van der Waals surface area contributed by atoms with Crippen molar-refractivity contribution in [2.24, 2.45) is 17.8 Å². The third-order valence-electron chi connectivity index (χ3n) is 11.1. The van der Waals surface area contributed by atoms with E-state index in [1.54, 1.807) is 0 Å². The quantitative estimate of drug-likeness (QED) is 0.275. The summed E-state index contributed by atoms with van der Waals surface area (Å²) >= 11 is 0. The summed E-state index contributed by atoms with van der Waals surface area (Å²) in [7, 11) is 0. The summed E-state index contributed by atoms with van der Waals surface area (Å²) in [4.78, 5) is 41.5. The van der Waals surface area contributed by atoms with Gasteiger partial charge in [0.05, 0.1) is 17.8 Å². The number of nitrogens with zero attached hydrogens (tertiary/aromatic N) is 3. The van der Waals surface area contributed by atoms with E-state index in [1.807, 2.05) is 83.1 Å².